The van der Waals surface area contributed by atoms with Gasteiger partial charge >= 0.3 is 0 Å². The van der Waals surface area contributed by atoms with Crippen LogP contribution in [0.4, 0.5) is 4.39 Å². The number of halogens is 1. The molecule has 4 nitrogen and oxygen atoms in total. The van der Waals surface area contributed by atoms with Crippen molar-refractivity contribution in [3.05, 3.63) is 23.5 Å². The van der Waals surface area contributed by atoms with E-state index in [-0.39, 0.29) is 11.6 Å². The van der Waals surface area contributed by atoms with Crippen molar-refractivity contribution < 1.29 is 13.9 Å². The lowest BCUT2D eigenvalue weighted by Gasteiger charge is -2.28. The number of nitrogens with one attached hydrogen (secondary N) is 1. The molecule has 1 aromatic carbocycles. The standard InChI is InChI=1S/C14H19FN2O2/c15-12-3-2-11(10-17-6-4-16-5-7-17)13-14(12)19-9-1-8-18-13/h2-3,16H,1,4-10H2. The van der Waals surface area contributed by atoms with E-state index < -0.39 is 0 Å². The number of rotatable bonds is 2. The quantitative estimate of drug-likeness (QED) is 0.877. The zero-order valence-electron chi connectivity index (χ0n) is 11.0. The molecule has 0 bridgehead atoms. The molecule has 0 radical (unpaired) electrons. The zero-order chi connectivity index (χ0) is 13.1. The topological polar surface area (TPSA) is 33.7 Å². The molecule has 2 aliphatic rings. The van der Waals surface area contributed by atoms with E-state index in [9.17, 15) is 4.39 Å². The Bertz CT molecular complexity index is 447. The van der Waals surface area contributed by atoms with Crippen LogP contribution in [-0.2, 0) is 6.54 Å². The molecular formula is C14H19FN2O2. The summed E-state index contributed by atoms with van der Waals surface area (Å²) in [4.78, 5) is 2.35. The minimum atomic E-state index is -0.332. The second-order valence-electron chi connectivity index (χ2n) is 4.94. The highest BCUT2D eigenvalue weighted by molar-refractivity contribution is 5.48. The molecule has 104 valence electrons. The SMILES string of the molecule is Fc1ccc(CN2CCNCC2)c2c1OCCCO2. The maximum Gasteiger partial charge on any atom is 0.197 e. The summed E-state index contributed by atoms with van der Waals surface area (Å²) >= 11 is 0. The summed E-state index contributed by atoms with van der Waals surface area (Å²) in [6.07, 6.45) is 0.793. The molecule has 1 aromatic rings. The van der Waals surface area contributed by atoms with Crippen molar-refractivity contribution in [2.24, 2.45) is 0 Å². The Labute approximate surface area is 112 Å². The molecule has 2 aliphatic heterocycles. The van der Waals surface area contributed by atoms with Crippen LogP contribution in [-0.4, -0.2) is 44.3 Å². The van der Waals surface area contributed by atoms with E-state index in [4.69, 9.17) is 9.47 Å². The Morgan fingerprint density at radius 2 is 1.84 bits per heavy atom. The molecule has 0 atom stereocenters. The van der Waals surface area contributed by atoms with E-state index in [1.165, 1.54) is 6.07 Å². The molecule has 1 N–H and O–H groups in total. The van der Waals surface area contributed by atoms with Gasteiger partial charge in [0.15, 0.2) is 17.3 Å². The molecular weight excluding hydrogens is 247 g/mol. The lowest BCUT2D eigenvalue weighted by molar-refractivity contribution is 0.227. The fourth-order valence-electron chi connectivity index (χ4n) is 2.51. The van der Waals surface area contributed by atoms with Crippen LogP contribution in [0.1, 0.15) is 12.0 Å². The summed E-state index contributed by atoms with van der Waals surface area (Å²) in [7, 11) is 0. The van der Waals surface area contributed by atoms with Crippen molar-refractivity contribution >= 4 is 0 Å². The van der Waals surface area contributed by atoms with Gasteiger partial charge in [-0.15, -0.1) is 0 Å². The lowest BCUT2D eigenvalue weighted by atomic mass is 10.1. The van der Waals surface area contributed by atoms with E-state index in [0.717, 1.165) is 44.7 Å². The number of fused-ring (bicyclic) bond motifs is 1. The first kappa shape index (κ1) is 12.7. The molecule has 5 heteroatoms. The van der Waals surface area contributed by atoms with Crippen LogP contribution in [0.5, 0.6) is 11.5 Å². The lowest BCUT2D eigenvalue weighted by Crippen LogP contribution is -2.42. The predicted molar refractivity (Wildman–Crippen MR) is 70.2 cm³/mol. The molecule has 0 amide bonds. The van der Waals surface area contributed by atoms with Gasteiger partial charge in [0.2, 0.25) is 0 Å². The third-order valence-corrected chi connectivity index (χ3v) is 3.53. The van der Waals surface area contributed by atoms with Crippen LogP contribution in [0, 0.1) is 5.82 Å². The molecule has 0 aromatic heterocycles. The second kappa shape index (κ2) is 5.75. The number of hydrogen-bond donors (Lipinski definition) is 1. The molecule has 1 saturated heterocycles. The van der Waals surface area contributed by atoms with Crippen molar-refractivity contribution in [2.75, 3.05) is 39.4 Å². The van der Waals surface area contributed by atoms with Crippen molar-refractivity contribution in [1.82, 2.24) is 10.2 Å². The minimum Gasteiger partial charge on any atom is -0.489 e. The number of hydrogen-bond acceptors (Lipinski definition) is 4. The Morgan fingerprint density at radius 3 is 2.63 bits per heavy atom. The fourth-order valence-corrected chi connectivity index (χ4v) is 2.51. The van der Waals surface area contributed by atoms with Crippen molar-refractivity contribution in [3.8, 4) is 11.5 Å². The summed E-state index contributed by atoms with van der Waals surface area (Å²) in [5.41, 5.74) is 1.01. The Balaban J connectivity index is 1.84. The van der Waals surface area contributed by atoms with Gasteiger partial charge in [-0.05, 0) is 6.07 Å². The summed E-state index contributed by atoms with van der Waals surface area (Å²) in [6, 6.07) is 3.29. The van der Waals surface area contributed by atoms with Crippen LogP contribution in [0.15, 0.2) is 12.1 Å². The van der Waals surface area contributed by atoms with Crippen LogP contribution < -0.4 is 14.8 Å². The summed E-state index contributed by atoms with van der Waals surface area (Å²) in [6.45, 7) is 5.90. The highest BCUT2D eigenvalue weighted by Gasteiger charge is 2.21. The highest BCUT2D eigenvalue weighted by atomic mass is 19.1. The molecule has 0 unspecified atom stereocenters. The largest absolute Gasteiger partial charge is 0.489 e. The molecule has 2 heterocycles. The Kier molecular flexibility index (Phi) is 3.84. The third kappa shape index (κ3) is 2.82. The highest BCUT2D eigenvalue weighted by Crippen LogP contribution is 2.36. The summed E-state index contributed by atoms with van der Waals surface area (Å²) in [5, 5.41) is 3.32. The van der Waals surface area contributed by atoms with Crippen LogP contribution in [0.3, 0.4) is 0 Å². The van der Waals surface area contributed by atoms with Crippen molar-refractivity contribution in [2.45, 2.75) is 13.0 Å². The Morgan fingerprint density at radius 1 is 1.11 bits per heavy atom. The first-order chi connectivity index (χ1) is 9.34. The van der Waals surface area contributed by atoms with Gasteiger partial charge in [0, 0.05) is 44.7 Å². The Hall–Kier alpha value is -1.33. The monoisotopic (exact) mass is 266 g/mol. The van der Waals surface area contributed by atoms with Crippen LogP contribution >= 0.6 is 0 Å². The molecule has 0 spiro atoms. The first-order valence-corrected chi connectivity index (χ1v) is 6.84. The molecule has 0 saturated carbocycles. The van der Waals surface area contributed by atoms with Crippen LogP contribution in [0.2, 0.25) is 0 Å². The van der Waals surface area contributed by atoms with Gasteiger partial charge in [-0.25, -0.2) is 4.39 Å². The second-order valence-corrected chi connectivity index (χ2v) is 4.94. The third-order valence-electron chi connectivity index (χ3n) is 3.53. The van der Waals surface area contributed by atoms with Gasteiger partial charge in [-0.1, -0.05) is 6.07 Å². The molecule has 1 fully saturated rings. The van der Waals surface area contributed by atoms with Crippen LogP contribution in [0.25, 0.3) is 0 Å². The van der Waals surface area contributed by atoms with Crippen molar-refractivity contribution in [1.29, 1.82) is 0 Å². The number of piperazine rings is 1. The van der Waals surface area contributed by atoms with E-state index in [2.05, 4.69) is 10.2 Å². The summed E-state index contributed by atoms with van der Waals surface area (Å²) < 4.78 is 25.0. The molecule has 0 aliphatic carbocycles. The number of benzene rings is 1. The fraction of sp³-hybridized carbons (Fsp3) is 0.571. The van der Waals surface area contributed by atoms with Gasteiger partial charge in [-0.2, -0.15) is 0 Å². The maximum atomic E-state index is 13.8. The maximum absolute atomic E-state index is 13.8. The normalized spacial score (nSPS) is 20.1. The van der Waals surface area contributed by atoms with E-state index >= 15 is 0 Å². The smallest absolute Gasteiger partial charge is 0.197 e. The zero-order valence-corrected chi connectivity index (χ0v) is 11.0. The van der Waals surface area contributed by atoms with E-state index in [1.807, 2.05) is 6.07 Å². The number of ether oxygens (including phenoxy) is 2. The minimum absolute atomic E-state index is 0.283. The average molecular weight is 266 g/mol. The molecule has 19 heavy (non-hydrogen) atoms. The van der Waals surface area contributed by atoms with Gasteiger partial charge in [0.25, 0.3) is 0 Å². The van der Waals surface area contributed by atoms with Gasteiger partial charge in [-0.3, -0.25) is 4.90 Å². The molecule has 3 rings (SSSR count). The van der Waals surface area contributed by atoms with Gasteiger partial charge < -0.3 is 14.8 Å². The van der Waals surface area contributed by atoms with E-state index in [0.29, 0.717) is 19.0 Å². The van der Waals surface area contributed by atoms with Gasteiger partial charge in [0.1, 0.15) is 0 Å². The van der Waals surface area contributed by atoms with Crippen molar-refractivity contribution in [3.63, 3.8) is 0 Å². The predicted octanol–water partition coefficient (Wildman–Crippen LogP) is 1.39. The number of nitrogens with zero attached hydrogens (tertiary/aromatic N) is 1. The van der Waals surface area contributed by atoms with Gasteiger partial charge in [0.05, 0.1) is 13.2 Å². The average Bonchev–Trinajstić information content (AvgIpc) is 2.70. The summed E-state index contributed by atoms with van der Waals surface area (Å²) in [5.74, 6) is 0.544. The first-order valence-electron chi connectivity index (χ1n) is 6.84. The van der Waals surface area contributed by atoms with E-state index in [1.54, 1.807) is 0 Å².